The van der Waals surface area contributed by atoms with E-state index in [2.05, 4.69) is 15.9 Å². The van der Waals surface area contributed by atoms with E-state index in [-0.39, 0.29) is 5.56 Å². The van der Waals surface area contributed by atoms with Crippen LogP contribution < -0.4 is 5.32 Å². The van der Waals surface area contributed by atoms with Crippen molar-refractivity contribution in [1.29, 1.82) is 0 Å². The van der Waals surface area contributed by atoms with Crippen LogP contribution in [0.15, 0.2) is 22.7 Å². The number of halogens is 7. The number of anilines is 1. The van der Waals surface area contributed by atoms with Gasteiger partial charge in [0.15, 0.2) is 23.3 Å². The molecule has 8 heteroatoms. The molecule has 0 fully saturated rings. The van der Waals surface area contributed by atoms with Crippen molar-refractivity contribution in [3.05, 3.63) is 63.1 Å². The van der Waals surface area contributed by atoms with Crippen LogP contribution >= 0.6 is 15.9 Å². The minimum absolute atomic E-state index is 0.00198. The highest BCUT2D eigenvalue weighted by Crippen LogP contribution is 2.27. The molecule has 0 aliphatic carbocycles. The zero-order valence-electron chi connectivity index (χ0n) is 10.1. The molecule has 0 amide bonds. The predicted molar refractivity (Wildman–Crippen MR) is 67.7 cm³/mol. The Morgan fingerprint density at radius 2 is 1.33 bits per heavy atom. The summed E-state index contributed by atoms with van der Waals surface area (Å²) in [7, 11) is 0. The van der Waals surface area contributed by atoms with Crippen LogP contribution in [-0.4, -0.2) is 0 Å². The van der Waals surface area contributed by atoms with Gasteiger partial charge in [0, 0.05) is 16.6 Å². The van der Waals surface area contributed by atoms with E-state index < -0.39 is 47.1 Å². The number of hydrogen-bond acceptors (Lipinski definition) is 1. The maximum absolute atomic E-state index is 13.5. The van der Waals surface area contributed by atoms with Crippen molar-refractivity contribution in [1.82, 2.24) is 0 Å². The molecule has 112 valence electrons. The first-order valence-corrected chi connectivity index (χ1v) is 6.31. The average Bonchev–Trinajstić information content (AvgIpc) is 2.45. The Morgan fingerprint density at radius 3 is 1.86 bits per heavy atom. The van der Waals surface area contributed by atoms with Crippen LogP contribution in [0.3, 0.4) is 0 Å². The van der Waals surface area contributed by atoms with Gasteiger partial charge in [0.05, 0.1) is 0 Å². The lowest BCUT2D eigenvalue weighted by Crippen LogP contribution is -2.10. The second-order valence-electron chi connectivity index (χ2n) is 4.03. The van der Waals surface area contributed by atoms with Gasteiger partial charge in [0.1, 0.15) is 11.5 Å². The number of benzene rings is 2. The maximum atomic E-state index is 13.5. The zero-order valence-corrected chi connectivity index (χ0v) is 11.7. The molecule has 21 heavy (non-hydrogen) atoms. The molecule has 0 atom stereocenters. The quantitative estimate of drug-likeness (QED) is 0.461. The van der Waals surface area contributed by atoms with Gasteiger partial charge < -0.3 is 5.32 Å². The zero-order chi connectivity index (χ0) is 15.7. The van der Waals surface area contributed by atoms with Gasteiger partial charge in [0.25, 0.3) is 0 Å². The maximum Gasteiger partial charge on any atom is 0.200 e. The van der Waals surface area contributed by atoms with Crippen LogP contribution in [0.25, 0.3) is 0 Å². The van der Waals surface area contributed by atoms with Crippen molar-refractivity contribution in [2.24, 2.45) is 0 Å². The minimum atomic E-state index is -2.25. The Morgan fingerprint density at radius 1 is 0.810 bits per heavy atom. The summed E-state index contributed by atoms with van der Waals surface area (Å²) >= 11 is 3.02. The summed E-state index contributed by atoms with van der Waals surface area (Å²) in [5, 5.41) is 2.01. The monoisotopic (exact) mass is 369 g/mol. The van der Waals surface area contributed by atoms with Crippen molar-refractivity contribution in [3.8, 4) is 0 Å². The third-order valence-electron chi connectivity index (χ3n) is 2.68. The standard InChI is InChI=1S/C13H6BrF6N/c14-6-2-1-5(7(15)3-6)4-21-13-11(19)9(17)8(16)10(18)12(13)20/h1-3,21H,4H2. The van der Waals surface area contributed by atoms with E-state index >= 15 is 0 Å². The molecule has 0 saturated heterocycles. The fourth-order valence-corrected chi connectivity index (χ4v) is 1.94. The Labute approximate surface area is 123 Å². The van der Waals surface area contributed by atoms with Crippen LogP contribution in [0.4, 0.5) is 32.0 Å². The lowest BCUT2D eigenvalue weighted by Gasteiger charge is -2.11. The first-order valence-electron chi connectivity index (χ1n) is 5.52. The van der Waals surface area contributed by atoms with E-state index in [1.165, 1.54) is 12.1 Å². The van der Waals surface area contributed by atoms with Crippen LogP contribution in [0.5, 0.6) is 0 Å². The number of hydrogen-bond donors (Lipinski definition) is 1. The Kier molecular flexibility index (Phi) is 4.46. The van der Waals surface area contributed by atoms with E-state index in [0.29, 0.717) is 4.47 Å². The lowest BCUT2D eigenvalue weighted by molar-refractivity contribution is 0.381. The van der Waals surface area contributed by atoms with Gasteiger partial charge in [-0.3, -0.25) is 0 Å². The second kappa shape index (κ2) is 5.97. The van der Waals surface area contributed by atoms with Gasteiger partial charge in [0.2, 0.25) is 5.82 Å². The van der Waals surface area contributed by atoms with Gasteiger partial charge in [-0.25, -0.2) is 26.3 Å². The first kappa shape index (κ1) is 15.7. The van der Waals surface area contributed by atoms with Gasteiger partial charge in [-0.05, 0) is 12.1 Å². The molecule has 0 spiro atoms. The average molecular weight is 370 g/mol. The highest BCUT2D eigenvalue weighted by Gasteiger charge is 2.25. The largest absolute Gasteiger partial charge is 0.376 e. The van der Waals surface area contributed by atoms with Crippen molar-refractivity contribution in [3.63, 3.8) is 0 Å². The smallest absolute Gasteiger partial charge is 0.200 e. The summed E-state index contributed by atoms with van der Waals surface area (Å²) < 4.78 is 79.5. The van der Waals surface area contributed by atoms with Crippen molar-refractivity contribution in [2.45, 2.75) is 6.54 Å². The molecular formula is C13H6BrF6N. The third kappa shape index (κ3) is 2.99. The molecule has 0 aliphatic heterocycles. The molecule has 1 N–H and O–H groups in total. The van der Waals surface area contributed by atoms with Gasteiger partial charge in [-0.2, -0.15) is 0 Å². The highest BCUT2D eigenvalue weighted by molar-refractivity contribution is 9.10. The third-order valence-corrected chi connectivity index (χ3v) is 3.17. The molecule has 2 aromatic carbocycles. The van der Waals surface area contributed by atoms with Crippen LogP contribution in [0, 0.1) is 34.9 Å². The number of nitrogens with one attached hydrogen (secondary N) is 1. The molecule has 2 rings (SSSR count). The van der Waals surface area contributed by atoms with E-state index in [1.807, 2.05) is 5.32 Å². The Bertz CT molecular complexity index is 675. The van der Waals surface area contributed by atoms with Crippen molar-refractivity contribution < 1.29 is 26.3 Å². The summed E-state index contributed by atoms with van der Waals surface area (Å²) in [5.41, 5.74) is -1.20. The molecule has 0 unspecified atom stereocenters. The summed E-state index contributed by atoms with van der Waals surface area (Å²) in [5.74, 6) is -11.1. The fourth-order valence-electron chi connectivity index (χ4n) is 1.61. The molecule has 0 aliphatic rings. The summed E-state index contributed by atoms with van der Waals surface area (Å²) in [6.07, 6.45) is 0. The lowest BCUT2D eigenvalue weighted by atomic mass is 10.2. The Balaban J connectivity index is 2.32. The highest BCUT2D eigenvalue weighted by atomic mass is 79.9. The molecule has 0 radical (unpaired) electrons. The number of rotatable bonds is 3. The minimum Gasteiger partial charge on any atom is -0.376 e. The first-order chi connectivity index (χ1) is 9.82. The van der Waals surface area contributed by atoms with Crippen LogP contribution in [0.1, 0.15) is 5.56 Å². The molecule has 0 heterocycles. The van der Waals surface area contributed by atoms with Crippen LogP contribution in [0.2, 0.25) is 0 Å². The van der Waals surface area contributed by atoms with E-state index in [0.717, 1.165) is 6.07 Å². The van der Waals surface area contributed by atoms with E-state index in [1.54, 1.807) is 0 Å². The van der Waals surface area contributed by atoms with Crippen molar-refractivity contribution in [2.75, 3.05) is 5.32 Å². The van der Waals surface area contributed by atoms with E-state index in [4.69, 9.17) is 0 Å². The Hall–Kier alpha value is -1.70. The van der Waals surface area contributed by atoms with Gasteiger partial charge in [-0.15, -0.1) is 0 Å². The molecule has 0 bridgehead atoms. The second-order valence-corrected chi connectivity index (χ2v) is 4.95. The topological polar surface area (TPSA) is 12.0 Å². The predicted octanol–water partition coefficient (Wildman–Crippen LogP) is 4.90. The summed E-state index contributed by atoms with van der Waals surface area (Å²) in [6.45, 7) is -0.447. The molecule has 0 saturated carbocycles. The van der Waals surface area contributed by atoms with E-state index in [9.17, 15) is 26.3 Å². The van der Waals surface area contributed by atoms with Crippen LogP contribution in [-0.2, 0) is 6.54 Å². The van der Waals surface area contributed by atoms with Gasteiger partial charge in [-0.1, -0.05) is 22.0 Å². The molecule has 2 aromatic rings. The fraction of sp³-hybridized carbons (Fsp3) is 0.0769. The summed E-state index contributed by atoms with van der Waals surface area (Å²) in [4.78, 5) is 0. The normalized spacial score (nSPS) is 10.8. The molecule has 0 aromatic heterocycles. The SMILES string of the molecule is Fc1cc(Br)ccc1CNc1c(F)c(F)c(F)c(F)c1F. The molecular weight excluding hydrogens is 364 g/mol. The summed E-state index contributed by atoms with van der Waals surface area (Å²) in [6, 6.07) is 3.88. The molecule has 1 nitrogen and oxygen atoms in total. The van der Waals surface area contributed by atoms with Gasteiger partial charge >= 0.3 is 0 Å². The van der Waals surface area contributed by atoms with Crippen molar-refractivity contribution >= 4 is 21.6 Å².